The van der Waals surface area contributed by atoms with Gasteiger partial charge in [-0.25, -0.2) is 4.98 Å². The van der Waals surface area contributed by atoms with E-state index in [9.17, 15) is 8.78 Å². The van der Waals surface area contributed by atoms with E-state index >= 15 is 0 Å². The first-order chi connectivity index (χ1) is 11.3. The Morgan fingerprint density at radius 2 is 1.96 bits per heavy atom. The molecule has 1 aliphatic rings. The van der Waals surface area contributed by atoms with Crippen molar-refractivity contribution in [1.29, 1.82) is 0 Å². The molecule has 3 rings (SSSR count). The molecule has 8 heteroatoms. The Labute approximate surface area is 154 Å². The molecule has 0 unspecified atom stereocenters. The summed E-state index contributed by atoms with van der Waals surface area (Å²) in [7, 11) is 1.58. The van der Waals surface area contributed by atoms with Crippen molar-refractivity contribution in [2.75, 3.05) is 19.0 Å². The van der Waals surface area contributed by atoms with Gasteiger partial charge in [-0.05, 0) is 57.3 Å². The van der Waals surface area contributed by atoms with Crippen LogP contribution in [0.4, 0.5) is 20.2 Å². The first-order valence-corrected chi connectivity index (χ1v) is 8.65. The Kier molecular flexibility index (Phi) is 4.46. The fourth-order valence-corrected chi connectivity index (χ4v) is 3.89. The number of rotatable bonds is 3. The van der Waals surface area contributed by atoms with Crippen LogP contribution in [0.3, 0.4) is 0 Å². The molecule has 4 nitrogen and oxygen atoms in total. The highest BCUT2D eigenvalue weighted by molar-refractivity contribution is 9.11. The van der Waals surface area contributed by atoms with Crippen molar-refractivity contribution in [2.24, 2.45) is 0 Å². The van der Waals surface area contributed by atoms with E-state index in [4.69, 9.17) is 9.47 Å². The number of alkyl halides is 2. The smallest absolute Gasteiger partial charge is 0.326 e. The lowest BCUT2D eigenvalue weighted by molar-refractivity contribution is -0.0244. The molecule has 0 spiro atoms. The number of halogens is 4. The summed E-state index contributed by atoms with van der Waals surface area (Å²) in [5.41, 5.74) is 2.62. The normalized spacial score (nSPS) is 15.0. The zero-order valence-electron chi connectivity index (χ0n) is 13.1. The summed E-state index contributed by atoms with van der Waals surface area (Å²) in [5, 5.41) is 3.20. The summed E-state index contributed by atoms with van der Waals surface area (Å²) < 4.78 is 39.7. The van der Waals surface area contributed by atoms with Gasteiger partial charge in [0.25, 0.3) is 0 Å². The van der Waals surface area contributed by atoms with Crippen LogP contribution in [-0.4, -0.2) is 18.7 Å². The topological polar surface area (TPSA) is 43.4 Å². The number of hydrogen-bond acceptors (Lipinski definition) is 4. The number of benzene rings is 1. The quantitative estimate of drug-likeness (QED) is 0.656. The van der Waals surface area contributed by atoms with Crippen molar-refractivity contribution in [3.8, 4) is 11.5 Å². The number of ether oxygens (including phenoxy) is 2. The molecular weight excluding hydrogens is 450 g/mol. The standard InChI is InChI=1S/C16H14Br2F2N2O2/c1-7-4-9(17)13(23-3)8(2)11(7)22-12-10(18)5-21-15-14(12)24-6-16(15,19)20/h4-5H,6H2,1-3H3,(H,21,22). The maximum absolute atomic E-state index is 13.9. The molecule has 0 atom stereocenters. The molecule has 0 amide bonds. The summed E-state index contributed by atoms with van der Waals surface area (Å²) in [4.78, 5) is 3.81. The predicted molar refractivity (Wildman–Crippen MR) is 94.8 cm³/mol. The van der Waals surface area contributed by atoms with Gasteiger partial charge in [0, 0.05) is 17.4 Å². The molecule has 0 saturated heterocycles. The monoisotopic (exact) mass is 462 g/mol. The summed E-state index contributed by atoms with van der Waals surface area (Å²) in [5.74, 6) is -2.35. The van der Waals surface area contributed by atoms with Crippen LogP contribution in [0, 0.1) is 13.8 Å². The second-order valence-electron chi connectivity index (χ2n) is 5.49. The summed E-state index contributed by atoms with van der Waals surface area (Å²) >= 11 is 6.81. The van der Waals surface area contributed by atoms with Gasteiger partial charge in [0.1, 0.15) is 5.75 Å². The number of hydrogen-bond donors (Lipinski definition) is 1. The Balaban J connectivity index is 2.13. The van der Waals surface area contributed by atoms with Crippen LogP contribution in [-0.2, 0) is 5.92 Å². The van der Waals surface area contributed by atoms with Crippen LogP contribution in [0.15, 0.2) is 21.2 Å². The van der Waals surface area contributed by atoms with Crippen LogP contribution in [0.2, 0.25) is 0 Å². The molecule has 0 saturated carbocycles. The van der Waals surface area contributed by atoms with Crippen molar-refractivity contribution in [2.45, 2.75) is 19.8 Å². The van der Waals surface area contributed by atoms with Gasteiger partial charge >= 0.3 is 5.92 Å². The largest absolute Gasteiger partial charge is 0.495 e. The fourth-order valence-electron chi connectivity index (χ4n) is 2.70. The van der Waals surface area contributed by atoms with Crippen molar-refractivity contribution >= 4 is 43.2 Å². The molecule has 24 heavy (non-hydrogen) atoms. The van der Waals surface area contributed by atoms with E-state index < -0.39 is 12.5 Å². The highest BCUT2D eigenvalue weighted by Crippen LogP contribution is 2.48. The third kappa shape index (κ3) is 2.75. The number of aromatic nitrogens is 1. The summed E-state index contributed by atoms with van der Waals surface area (Å²) in [6, 6.07) is 1.90. The fraction of sp³-hybridized carbons (Fsp3) is 0.312. The number of nitrogens with zero attached hydrogens (tertiary/aromatic N) is 1. The number of pyridine rings is 1. The van der Waals surface area contributed by atoms with Gasteiger partial charge in [-0.1, -0.05) is 0 Å². The first-order valence-electron chi connectivity index (χ1n) is 7.06. The Morgan fingerprint density at radius 1 is 1.25 bits per heavy atom. The van der Waals surface area contributed by atoms with E-state index in [1.54, 1.807) is 7.11 Å². The molecule has 0 bridgehead atoms. The molecule has 1 aromatic heterocycles. The molecule has 1 aromatic carbocycles. The van der Waals surface area contributed by atoms with Crippen LogP contribution < -0.4 is 14.8 Å². The van der Waals surface area contributed by atoms with E-state index in [0.29, 0.717) is 15.9 Å². The minimum atomic E-state index is -3.09. The van der Waals surface area contributed by atoms with E-state index in [0.717, 1.165) is 21.3 Å². The van der Waals surface area contributed by atoms with Gasteiger partial charge in [0.2, 0.25) is 0 Å². The van der Waals surface area contributed by atoms with Crippen LogP contribution >= 0.6 is 31.9 Å². The molecular formula is C16H14Br2F2N2O2. The lowest BCUT2D eigenvalue weighted by atomic mass is 10.1. The molecule has 0 fully saturated rings. The zero-order valence-corrected chi connectivity index (χ0v) is 16.3. The maximum atomic E-state index is 13.9. The molecule has 0 aliphatic carbocycles. The highest BCUT2D eigenvalue weighted by Gasteiger charge is 2.45. The highest BCUT2D eigenvalue weighted by atomic mass is 79.9. The van der Waals surface area contributed by atoms with Crippen LogP contribution in [0.5, 0.6) is 11.5 Å². The molecule has 2 aromatic rings. The van der Waals surface area contributed by atoms with E-state index in [1.165, 1.54) is 6.20 Å². The van der Waals surface area contributed by atoms with E-state index in [-0.39, 0.29) is 11.4 Å². The van der Waals surface area contributed by atoms with E-state index in [2.05, 4.69) is 42.2 Å². The first kappa shape index (κ1) is 17.4. The minimum Gasteiger partial charge on any atom is -0.495 e. The Hall–Kier alpha value is -1.41. The number of fused-ring (bicyclic) bond motifs is 1. The number of anilines is 2. The molecule has 2 heterocycles. The van der Waals surface area contributed by atoms with Crippen molar-refractivity contribution in [1.82, 2.24) is 4.98 Å². The maximum Gasteiger partial charge on any atom is 0.326 e. The molecule has 128 valence electrons. The summed E-state index contributed by atoms with van der Waals surface area (Å²) in [6.45, 7) is 3.11. The SMILES string of the molecule is COc1c(Br)cc(C)c(Nc2c(Br)cnc3c2OCC3(F)F)c1C. The Bertz CT molecular complexity index is 828. The third-order valence-corrected chi connectivity index (χ3v) is 5.05. The summed E-state index contributed by atoms with van der Waals surface area (Å²) in [6.07, 6.45) is 1.35. The zero-order chi connectivity index (χ0) is 17.6. The second-order valence-corrected chi connectivity index (χ2v) is 7.19. The van der Waals surface area contributed by atoms with Gasteiger partial charge in [0.05, 0.1) is 21.7 Å². The van der Waals surface area contributed by atoms with Gasteiger partial charge in [0.15, 0.2) is 18.1 Å². The van der Waals surface area contributed by atoms with Crippen LogP contribution in [0.1, 0.15) is 16.8 Å². The molecule has 1 aliphatic heterocycles. The lowest BCUT2D eigenvalue weighted by Crippen LogP contribution is -2.15. The predicted octanol–water partition coefficient (Wildman–Crippen LogP) is 5.46. The molecule has 0 radical (unpaired) electrons. The average molecular weight is 464 g/mol. The number of methoxy groups -OCH3 is 1. The second kappa shape index (κ2) is 6.15. The third-order valence-electron chi connectivity index (χ3n) is 3.86. The van der Waals surface area contributed by atoms with Crippen molar-refractivity contribution in [3.63, 3.8) is 0 Å². The minimum absolute atomic E-state index is 0.0649. The van der Waals surface area contributed by atoms with Crippen LogP contribution in [0.25, 0.3) is 0 Å². The van der Waals surface area contributed by atoms with E-state index in [1.807, 2.05) is 19.9 Å². The molecule has 1 N–H and O–H groups in total. The lowest BCUT2D eigenvalue weighted by Gasteiger charge is -2.19. The van der Waals surface area contributed by atoms with Gasteiger partial charge in [-0.2, -0.15) is 8.78 Å². The van der Waals surface area contributed by atoms with Gasteiger partial charge < -0.3 is 14.8 Å². The van der Waals surface area contributed by atoms with Crippen molar-refractivity contribution in [3.05, 3.63) is 38.0 Å². The van der Waals surface area contributed by atoms with Gasteiger partial charge in [-0.15, -0.1) is 0 Å². The Morgan fingerprint density at radius 3 is 2.62 bits per heavy atom. The number of aryl methyl sites for hydroxylation is 1. The van der Waals surface area contributed by atoms with Crippen molar-refractivity contribution < 1.29 is 18.3 Å². The average Bonchev–Trinajstić information content (AvgIpc) is 2.81. The van der Waals surface area contributed by atoms with Gasteiger partial charge in [-0.3, -0.25) is 0 Å². The number of nitrogens with one attached hydrogen (secondary N) is 1.